The number of carbonyl (C=O) groups is 2. The maximum atomic E-state index is 13.1. The molecule has 5 heteroatoms. The summed E-state index contributed by atoms with van der Waals surface area (Å²) in [7, 11) is 0. The molecular weight excluding hydrogens is 344 g/mol. The summed E-state index contributed by atoms with van der Waals surface area (Å²) in [4.78, 5) is 27.8. The molecule has 1 aromatic rings. The molecule has 0 heterocycles. The minimum atomic E-state index is -0.738. The van der Waals surface area contributed by atoms with Crippen molar-refractivity contribution in [2.75, 3.05) is 18.8 Å². The van der Waals surface area contributed by atoms with Gasteiger partial charge in [-0.2, -0.15) is 11.8 Å². The minimum Gasteiger partial charge on any atom is -0.341 e. The second kappa shape index (κ2) is 10.0. The Kier molecular flexibility index (Phi) is 8.01. The van der Waals surface area contributed by atoms with E-state index in [1.54, 1.807) is 0 Å². The summed E-state index contributed by atoms with van der Waals surface area (Å²) in [6.07, 6.45) is 4.58. The van der Waals surface area contributed by atoms with E-state index in [0.29, 0.717) is 18.7 Å². The molecule has 1 fully saturated rings. The van der Waals surface area contributed by atoms with Gasteiger partial charge in [0.1, 0.15) is 5.54 Å². The Bertz CT molecular complexity index is 591. The molecule has 0 saturated heterocycles. The van der Waals surface area contributed by atoms with Gasteiger partial charge >= 0.3 is 0 Å². The molecule has 0 aliphatic heterocycles. The summed E-state index contributed by atoms with van der Waals surface area (Å²) in [5, 5.41) is 3.12. The highest BCUT2D eigenvalue weighted by Gasteiger charge is 2.42. The van der Waals surface area contributed by atoms with E-state index in [1.165, 1.54) is 5.56 Å². The molecule has 1 aliphatic carbocycles. The third-order valence-electron chi connectivity index (χ3n) is 5.21. The Balaban J connectivity index is 2.14. The number of nitrogens with zero attached hydrogens (tertiary/aromatic N) is 1. The van der Waals surface area contributed by atoms with Gasteiger partial charge in [0.15, 0.2) is 0 Å². The van der Waals surface area contributed by atoms with Crippen molar-refractivity contribution >= 4 is 23.6 Å². The summed E-state index contributed by atoms with van der Waals surface area (Å²) in [5.74, 6) is 1.98. The zero-order chi connectivity index (χ0) is 19.0. The van der Waals surface area contributed by atoms with Crippen LogP contribution in [-0.4, -0.2) is 41.1 Å². The van der Waals surface area contributed by atoms with E-state index in [4.69, 9.17) is 0 Å². The number of carbonyl (C=O) groups excluding carboxylic acids is 2. The predicted molar refractivity (Wildman–Crippen MR) is 109 cm³/mol. The smallest absolute Gasteiger partial charge is 0.252 e. The largest absolute Gasteiger partial charge is 0.341 e. The van der Waals surface area contributed by atoms with Gasteiger partial charge in [0.2, 0.25) is 5.91 Å². The summed E-state index contributed by atoms with van der Waals surface area (Å²) in [6, 6.07) is 7.77. The SMILES string of the molecule is CCSCc1ccc(C(=O)NC2(C(=O)N(CC)CC)CCCCC2)cc1. The zero-order valence-electron chi connectivity index (χ0n) is 16.3. The molecule has 0 bridgehead atoms. The molecule has 2 amide bonds. The molecule has 4 nitrogen and oxygen atoms in total. The monoisotopic (exact) mass is 376 g/mol. The zero-order valence-corrected chi connectivity index (χ0v) is 17.2. The van der Waals surface area contributed by atoms with Gasteiger partial charge in [0.25, 0.3) is 5.91 Å². The van der Waals surface area contributed by atoms with Crippen molar-refractivity contribution in [3.05, 3.63) is 35.4 Å². The average molecular weight is 377 g/mol. The topological polar surface area (TPSA) is 49.4 Å². The molecule has 2 rings (SSSR count). The number of amides is 2. The molecule has 1 saturated carbocycles. The van der Waals surface area contributed by atoms with Crippen molar-refractivity contribution in [1.29, 1.82) is 0 Å². The van der Waals surface area contributed by atoms with Crippen LogP contribution in [-0.2, 0) is 10.5 Å². The van der Waals surface area contributed by atoms with Gasteiger partial charge in [-0.25, -0.2) is 0 Å². The van der Waals surface area contributed by atoms with Crippen LogP contribution in [0, 0.1) is 0 Å². The lowest BCUT2D eigenvalue weighted by Gasteiger charge is -2.40. The van der Waals surface area contributed by atoms with E-state index in [-0.39, 0.29) is 11.8 Å². The van der Waals surface area contributed by atoms with Gasteiger partial charge in [0, 0.05) is 24.4 Å². The van der Waals surface area contributed by atoms with Gasteiger partial charge in [-0.15, -0.1) is 0 Å². The summed E-state index contributed by atoms with van der Waals surface area (Å²) in [5.41, 5.74) is 1.12. The van der Waals surface area contributed by atoms with Crippen LogP contribution in [0.15, 0.2) is 24.3 Å². The van der Waals surface area contributed by atoms with Crippen LogP contribution in [0.1, 0.15) is 68.8 Å². The van der Waals surface area contributed by atoms with Crippen molar-refractivity contribution in [1.82, 2.24) is 10.2 Å². The van der Waals surface area contributed by atoms with E-state index >= 15 is 0 Å². The number of thioether (sulfide) groups is 1. The van der Waals surface area contributed by atoms with E-state index < -0.39 is 5.54 Å². The molecule has 1 aliphatic rings. The Hall–Kier alpha value is -1.49. The highest BCUT2D eigenvalue weighted by molar-refractivity contribution is 7.98. The van der Waals surface area contributed by atoms with E-state index in [1.807, 2.05) is 54.8 Å². The summed E-state index contributed by atoms with van der Waals surface area (Å²) < 4.78 is 0. The predicted octanol–water partition coefficient (Wildman–Crippen LogP) is 4.24. The van der Waals surface area contributed by atoms with Crippen LogP contribution in [0.3, 0.4) is 0 Å². The van der Waals surface area contributed by atoms with Crippen LogP contribution < -0.4 is 5.32 Å². The quantitative estimate of drug-likeness (QED) is 0.738. The fourth-order valence-electron chi connectivity index (χ4n) is 3.62. The van der Waals surface area contributed by atoms with Crippen LogP contribution >= 0.6 is 11.8 Å². The second-order valence-corrected chi connectivity index (χ2v) is 8.18. The maximum Gasteiger partial charge on any atom is 0.252 e. The number of nitrogens with one attached hydrogen (secondary N) is 1. The van der Waals surface area contributed by atoms with Crippen LogP contribution in [0.2, 0.25) is 0 Å². The molecule has 0 radical (unpaired) electrons. The van der Waals surface area contributed by atoms with Gasteiger partial charge < -0.3 is 10.2 Å². The van der Waals surface area contributed by atoms with Crippen molar-refractivity contribution in [3.8, 4) is 0 Å². The van der Waals surface area contributed by atoms with E-state index in [0.717, 1.165) is 43.6 Å². The number of benzene rings is 1. The van der Waals surface area contributed by atoms with Crippen molar-refractivity contribution in [2.45, 2.75) is 64.2 Å². The first-order valence-corrected chi connectivity index (χ1v) is 11.0. The lowest BCUT2D eigenvalue weighted by Crippen LogP contribution is -2.60. The van der Waals surface area contributed by atoms with Gasteiger partial charge in [-0.3, -0.25) is 9.59 Å². The standard InChI is InChI=1S/C21H32N2O2S/c1-4-23(5-2)20(25)21(14-8-7-9-15-21)22-19(24)18-12-10-17(11-13-18)16-26-6-3/h10-13H,4-9,14-16H2,1-3H3,(H,22,24). The molecule has 26 heavy (non-hydrogen) atoms. The molecule has 0 unspecified atom stereocenters. The van der Waals surface area contributed by atoms with Crippen LogP contribution in [0.25, 0.3) is 0 Å². The Morgan fingerprint density at radius 3 is 2.19 bits per heavy atom. The normalized spacial score (nSPS) is 16.1. The fourth-order valence-corrected chi connectivity index (χ4v) is 4.26. The van der Waals surface area contributed by atoms with Gasteiger partial charge in [0.05, 0.1) is 0 Å². The van der Waals surface area contributed by atoms with Gasteiger partial charge in [-0.1, -0.05) is 38.3 Å². The minimum absolute atomic E-state index is 0.0755. The fraction of sp³-hybridized carbons (Fsp3) is 0.619. The maximum absolute atomic E-state index is 13.1. The Labute approximate surface area is 162 Å². The van der Waals surface area contributed by atoms with Crippen LogP contribution in [0.4, 0.5) is 0 Å². The number of rotatable bonds is 8. The van der Waals surface area contributed by atoms with Crippen LogP contribution in [0.5, 0.6) is 0 Å². The molecule has 0 atom stereocenters. The third kappa shape index (κ3) is 5.03. The average Bonchev–Trinajstić information content (AvgIpc) is 2.68. The van der Waals surface area contributed by atoms with Crippen molar-refractivity contribution in [2.24, 2.45) is 0 Å². The molecular formula is C21H32N2O2S. The van der Waals surface area contributed by atoms with E-state index in [9.17, 15) is 9.59 Å². The first-order valence-electron chi connectivity index (χ1n) is 9.85. The first kappa shape index (κ1) is 20.8. The lowest BCUT2D eigenvalue weighted by molar-refractivity contribution is -0.139. The van der Waals surface area contributed by atoms with Gasteiger partial charge in [-0.05, 0) is 50.1 Å². The number of hydrogen-bond donors (Lipinski definition) is 1. The Morgan fingerprint density at radius 2 is 1.65 bits per heavy atom. The lowest BCUT2D eigenvalue weighted by atomic mass is 9.80. The molecule has 1 N–H and O–H groups in total. The number of hydrogen-bond acceptors (Lipinski definition) is 3. The second-order valence-electron chi connectivity index (χ2n) is 6.91. The van der Waals surface area contributed by atoms with Crippen molar-refractivity contribution in [3.63, 3.8) is 0 Å². The highest BCUT2D eigenvalue weighted by atomic mass is 32.2. The first-order chi connectivity index (χ1) is 12.6. The molecule has 1 aromatic carbocycles. The number of likely N-dealkylation sites (N-methyl/N-ethyl adjacent to an activating group) is 1. The molecule has 144 valence electrons. The summed E-state index contributed by atoms with van der Waals surface area (Å²) >= 11 is 1.86. The highest BCUT2D eigenvalue weighted by Crippen LogP contribution is 2.30. The van der Waals surface area contributed by atoms with E-state index in [2.05, 4.69) is 12.2 Å². The summed E-state index contributed by atoms with van der Waals surface area (Å²) in [6.45, 7) is 7.48. The molecule has 0 spiro atoms. The van der Waals surface area contributed by atoms with Crippen molar-refractivity contribution < 1.29 is 9.59 Å². The Morgan fingerprint density at radius 1 is 1.04 bits per heavy atom. The molecule has 0 aromatic heterocycles. The third-order valence-corrected chi connectivity index (χ3v) is 6.15.